The van der Waals surface area contributed by atoms with Crippen molar-refractivity contribution in [1.82, 2.24) is 29.5 Å². The van der Waals surface area contributed by atoms with E-state index in [4.69, 9.17) is 10.1 Å². The van der Waals surface area contributed by atoms with Crippen molar-refractivity contribution in [2.45, 2.75) is 32.7 Å². The maximum absolute atomic E-state index is 4.93. The zero-order chi connectivity index (χ0) is 17.8. The molecule has 1 saturated carbocycles. The minimum Gasteiger partial charge on any atom is -0.335 e. The first-order chi connectivity index (χ1) is 12.6. The molecule has 1 aromatic carbocycles. The summed E-state index contributed by atoms with van der Waals surface area (Å²) in [6, 6.07) is 10.6. The summed E-state index contributed by atoms with van der Waals surface area (Å²) in [7, 11) is 1.95. The Kier molecular flexibility index (Phi) is 3.29. The molecule has 3 aromatic heterocycles. The van der Waals surface area contributed by atoms with Crippen LogP contribution >= 0.6 is 0 Å². The van der Waals surface area contributed by atoms with E-state index in [1.165, 1.54) is 12.8 Å². The number of hydrogen-bond donors (Lipinski definition) is 1. The average Bonchev–Trinajstić information content (AvgIpc) is 3.17. The predicted octanol–water partition coefficient (Wildman–Crippen LogP) is 4.11. The molecule has 132 valence electrons. The Morgan fingerprint density at radius 2 is 1.92 bits per heavy atom. The first-order valence-electron chi connectivity index (χ1n) is 9.16. The van der Waals surface area contributed by atoms with Gasteiger partial charge in [-0.05, 0) is 32.6 Å². The summed E-state index contributed by atoms with van der Waals surface area (Å²) < 4.78 is 3.94. The highest BCUT2D eigenvalue weighted by molar-refractivity contribution is 5.83. The molecule has 1 aliphatic carbocycles. The summed E-state index contributed by atoms with van der Waals surface area (Å²) in [6.07, 6.45) is 4.61. The molecule has 1 unspecified atom stereocenters. The van der Waals surface area contributed by atoms with Gasteiger partial charge in [-0.15, -0.1) is 0 Å². The molecule has 1 aliphatic rings. The number of imidazole rings is 1. The van der Waals surface area contributed by atoms with E-state index in [0.29, 0.717) is 6.04 Å². The standard InChI is InChI=1S/C20H22N6/c1-12-17-20(26(23-12)13(2)14-9-10-14)22-19(21-17)16-11-25(3)24-18(16)15-7-5-4-6-8-15/h4-8,11,13-14H,9-10H2,1-3H3,(H,21,22). The molecule has 3 heterocycles. The van der Waals surface area contributed by atoms with Crippen LogP contribution in [0.5, 0.6) is 0 Å². The molecular weight excluding hydrogens is 324 g/mol. The Hall–Kier alpha value is -2.89. The molecule has 4 aromatic rings. The van der Waals surface area contributed by atoms with Gasteiger partial charge in [0.1, 0.15) is 17.0 Å². The normalized spacial score (nSPS) is 15.7. The van der Waals surface area contributed by atoms with E-state index in [0.717, 1.165) is 45.4 Å². The number of aryl methyl sites for hydroxylation is 2. The Morgan fingerprint density at radius 1 is 1.15 bits per heavy atom. The fourth-order valence-corrected chi connectivity index (χ4v) is 3.70. The molecule has 5 rings (SSSR count). The lowest BCUT2D eigenvalue weighted by molar-refractivity contribution is 0.449. The van der Waals surface area contributed by atoms with Crippen molar-refractivity contribution in [2.75, 3.05) is 0 Å². The lowest BCUT2D eigenvalue weighted by atomic mass is 10.1. The molecular formula is C20H22N6. The highest BCUT2D eigenvalue weighted by Gasteiger charge is 2.32. The van der Waals surface area contributed by atoms with Gasteiger partial charge in [0, 0.05) is 18.8 Å². The molecule has 6 nitrogen and oxygen atoms in total. The van der Waals surface area contributed by atoms with Crippen LogP contribution in [0.15, 0.2) is 36.5 Å². The maximum Gasteiger partial charge on any atom is 0.177 e. The number of H-pyrrole nitrogens is 1. The van der Waals surface area contributed by atoms with Crippen molar-refractivity contribution >= 4 is 11.2 Å². The smallest absolute Gasteiger partial charge is 0.177 e. The maximum atomic E-state index is 4.93. The minimum atomic E-state index is 0.393. The second kappa shape index (κ2) is 5.56. The molecule has 0 bridgehead atoms. The fourth-order valence-electron chi connectivity index (χ4n) is 3.70. The van der Waals surface area contributed by atoms with Crippen LogP contribution in [0.4, 0.5) is 0 Å². The summed E-state index contributed by atoms with van der Waals surface area (Å²) in [5.74, 6) is 1.58. The van der Waals surface area contributed by atoms with E-state index >= 15 is 0 Å². The van der Waals surface area contributed by atoms with Crippen LogP contribution in [0.1, 0.15) is 31.5 Å². The monoisotopic (exact) mass is 346 g/mol. The number of fused-ring (bicyclic) bond motifs is 1. The van der Waals surface area contributed by atoms with Gasteiger partial charge in [0.15, 0.2) is 5.65 Å². The predicted molar refractivity (Wildman–Crippen MR) is 102 cm³/mol. The highest BCUT2D eigenvalue weighted by atomic mass is 15.3. The van der Waals surface area contributed by atoms with E-state index in [9.17, 15) is 0 Å². The molecule has 6 heteroatoms. The van der Waals surface area contributed by atoms with Crippen molar-refractivity contribution in [3.05, 3.63) is 42.2 Å². The Bertz CT molecular complexity index is 1080. The molecule has 1 atom stereocenters. The lowest BCUT2D eigenvalue weighted by Gasteiger charge is -2.10. The van der Waals surface area contributed by atoms with Gasteiger partial charge >= 0.3 is 0 Å². The van der Waals surface area contributed by atoms with E-state index in [1.54, 1.807) is 0 Å². The van der Waals surface area contributed by atoms with Crippen LogP contribution in [-0.4, -0.2) is 29.5 Å². The van der Waals surface area contributed by atoms with Crippen LogP contribution < -0.4 is 0 Å². The zero-order valence-electron chi connectivity index (χ0n) is 15.3. The number of benzene rings is 1. The van der Waals surface area contributed by atoms with Gasteiger partial charge in [0.25, 0.3) is 0 Å². The SMILES string of the molecule is Cc1nn(C(C)C2CC2)c2nc(-c3cn(C)nc3-c3ccccc3)[nH]c12. The Balaban J connectivity index is 1.65. The van der Waals surface area contributed by atoms with Gasteiger partial charge in [-0.1, -0.05) is 30.3 Å². The van der Waals surface area contributed by atoms with E-state index in [-0.39, 0.29) is 0 Å². The summed E-state index contributed by atoms with van der Waals surface area (Å²) in [6.45, 7) is 4.29. The molecule has 26 heavy (non-hydrogen) atoms. The summed E-state index contributed by atoms with van der Waals surface area (Å²) in [5.41, 5.74) is 6.01. The molecule has 0 amide bonds. The van der Waals surface area contributed by atoms with Crippen LogP contribution in [0.25, 0.3) is 33.8 Å². The molecule has 0 aliphatic heterocycles. The molecule has 0 saturated heterocycles. The Morgan fingerprint density at radius 3 is 2.65 bits per heavy atom. The number of hydrogen-bond acceptors (Lipinski definition) is 3. The zero-order valence-corrected chi connectivity index (χ0v) is 15.3. The van der Waals surface area contributed by atoms with Crippen LogP contribution in [0, 0.1) is 12.8 Å². The number of aromatic amines is 1. The van der Waals surface area contributed by atoms with Gasteiger partial charge in [0.2, 0.25) is 0 Å². The van der Waals surface area contributed by atoms with Crippen molar-refractivity contribution in [3.8, 4) is 22.6 Å². The van der Waals surface area contributed by atoms with Gasteiger partial charge < -0.3 is 4.98 Å². The van der Waals surface area contributed by atoms with E-state index in [1.807, 2.05) is 43.0 Å². The van der Waals surface area contributed by atoms with Crippen molar-refractivity contribution in [2.24, 2.45) is 13.0 Å². The third-order valence-corrected chi connectivity index (χ3v) is 5.34. The highest BCUT2D eigenvalue weighted by Crippen LogP contribution is 2.40. The minimum absolute atomic E-state index is 0.393. The number of nitrogens with one attached hydrogen (secondary N) is 1. The lowest BCUT2D eigenvalue weighted by Crippen LogP contribution is -2.09. The summed E-state index contributed by atoms with van der Waals surface area (Å²) in [4.78, 5) is 8.42. The third-order valence-electron chi connectivity index (χ3n) is 5.34. The second-order valence-electron chi connectivity index (χ2n) is 7.32. The largest absolute Gasteiger partial charge is 0.335 e. The van der Waals surface area contributed by atoms with Crippen LogP contribution in [-0.2, 0) is 7.05 Å². The van der Waals surface area contributed by atoms with Crippen LogP contribution in [0.2, 0.25) is 0 Å². The van der Waals surface area contributed by atoms with Gasteiger partial charge in [-0.3, -0.25) is 4.68 Å². The fraction of sp³-hybridized carbons (Fsp3) is 0.350. The quantitative estimate of drug-likeness (QED) is 0.605. The number of nitrogens with zero attached hydrogens (tertiary/aromatic N) is 5. The van der Waals surface area contributed by atoms with Gasteiger partial charge in [-0.25, -0.2) is 9.67 Å². The van der Waals surface area contributed by atoms with Crippen molar-refractivity contribution in [1.29, 1.82) is 0 Å². The average molecular weight is 346 g/mol. The molecule has 1 N–H and O–H groups in total. The van der Waals surface area contributed by atoms with E-state index < -0.39 is 0 Å². The topological polar surface area (TPSA) is 64.3 Å². The number of aromatic nitrogens is 6. The summed E-state index contributed by atoms with van der Waals surface area (Å²) in [5, 5.41) is 9.40. The van der Waals surface area contributed by atoms with Crippen molar-refractivity contribution < 1.29 is 0 Å². The molecule has 0 spiro atoms. The van der Waals surface area contributed by atoms with Gasteiger partial charge in [0.05, 0.1) is 17.3 Å². The second-order valence-corrected chi connectivity index (χ2v) is 7.32. The van der Waals surface area contributed by atoms with E-state index in [2.05, 4.69) is 33.8 Å². The Labute approximate surface area is 151 Å². The first kappa shape index (κ1) is 15.4. The first-order valence-corrected chi connectivity index (χ1v) is 9.16. The van der Waals surface area contributed by atoms with Crippen LogP contribution in [0.3, 0.4) is 0 Å². The van der Waals surface area contributed by atoms with Crippen molar-refractivity contribution in [3.63, 3.8) is 0 Å². The van der Waals surface area contributed by atoms with Gasteiger partial charge in [-0.2, -0.15) is 10.2 Å². The molecule has 1 fully saturated rings. The third kappa shape index (κ3) is 2.36. The number of rotatable bonds is 4. The molecule has 0 radical (unpaired) electrons. The summed E-state index contributed by atoms with van der Waals surface area (Å²) >= 11 is 0.